The maximum Gasteiger partial charge on any atom is 0.0899 e. The van der Waals surface area contributed by atoms with Crippen LogP contribution in [0.15, 0.2) is 89.5 Å². The fraction of sp³-hybridized carbons (Fsp3) is 0.0435. The molecule has 26 heavy (non-hydrogen) atoms. The quantitative estimate of drug-likeness (QED) is 0.389. The number of pyridine rings is 2. The molecule has 2 heterocycles. The minimum absolute atomic E-state index is 0.875. The third kappa shape index (κ3) is 3.58. The summed E-state index contributed by atoms with van der Waals surface area (Å²) in [7, 11) is 0. The van der Waals surface area contributed by atoms with Crippen LogP contribution in [0.5, 0.6) is 0 Å². The van der Waals surface area contributed by atoms with Crippen molar-refractivity contribution < 1.29 is 0 Å². The maximum atomic E-state index is 4.87. The van der Waals surface area contributed by atoms with Gasteiger partial charge in [-0.15, -0.1) is 0 Å². The molecule has 0 saturated carbocycles. The van der Waals surface area contributed by atoms with E-state index in [0.717, 1.165) is 32.7 Å². The molecule has 0 spiro atoms. The summed E-state index contributed by atoms with van der Waals surface area (Å²) in [5.41, 5.74) is 7.34. The predicted octanol–water partition coefficient (Wildman–Crippen LogP) is 6.55. The van der Waals surface area contributed by atoms with Crippen molar-refractivity contribution in [2.75, 3.05) is 0 Å². The zero-order valence-electron chi connectivity index (χ0n) is 14.4. The summed E-state index contributed by atoms with van der Waals surface area (Å²) < 4.78 is 1.06. The van der Waals surface area contributed by atoms with Gasteiger partial charge in [0.25, 0.3) is 0 Å². The van der Waals surface area contributed by atoms with Crippen LogP contribution >= 0.6 is 15.9 Å². The van der Waals surface area contributed by atoms with E-state index in [-0.39, 0.29) is 0 Å². The Labute approximate surface area is 161 Å². The van der Waals surface area contributed by atoms with Gasteiger partial charge in [0.05, 0.1) is 17.1 Å². The molecular weight excluding hydrogens is 384 g/mol. The molecule has 0 aliphatic carbocycles. The van der Waals surface area contributed by atoms with Crippen molar-refractivity contribution in [2.45, 2.75) is 6.92 Å². The van der Waals surface area contributed by atoms with E-state index >= 15 is 0 Å². The molecule has 0 fully saturated rings. The number of aryl methyl sites for hydroxylation is 1. The zero-order valence-corrected chi connectivity index (χ0v) is 15.9. The number of halogens is 1. The smallest absolute Gasteiger partial charge is 0.0899 e. The van der Waals surface area contributed by atoms with Gasteiger partial charge in [-0.3, -0.25) is 4.98 Å². The highest BCUT2D eigenvalue weighted by molar-refractivity contribution is 9.10. The lowest BCUT2D eigenvalue weighted by atomic mass is 10.0. The van der Waals surface area contributed by atoms with Crippen LogP contribution in [0, 0.1) is 6.92 Å². The van der Waals surface area contributed by atoms with Gasteiger partial charge in [0.1, 0.15) is 0 Å². The first-order chi connectivity index (χ1) is 12.7. The molecule has 3 heteroatoms. The number of rotatable bonds is 3. The third-order valence-electron chi connectivity index (χ3n) is 4.28. The predicted molar refractivity (Wildman–Crippen MR) is 111 cm³/mol. The highest BCUT2D eigenvalue weighted by atomic mass is 79.9. The van der Waals surface area contributed by atoms with Gasteiger partial charge in [-0.1, -0.05) is 64.0 Å². The second kappa shape index (κ2) is 7.22. The van der Waals surface area contributed by atoms with Crippen molar-refractivity contribution in [2.24, 2.45) is 0 Å². The Balaban J connectivity index is 1.89. The molecule has 0 amide bonds. The number of benzene rings is 2. The first-order valence-corrected chi connectivity index (χ1v) is 9.25. The van der Waals surface area contributed by atoms with Crippen LogP contribution in [-0.2, 0) is 0 Å². The molecule has 2 aromatic heterocycles. The normalized spacial score (nSPS) is 10.7. The molecular formula is C23H17BrN2. The fourth-order valence-electron chi connectivity index (χ4n) is 2.86. The Bertz CT molecular complexity index is 960. The molecule has 0 radical (unpaired) electrons. The lowest BCUT2D eigenvalue weighted by Crippen LogP contribution is -1.92. The highest BCUT2D eigenvalue weighted by Gasteiger charge is 2.09. The average molecular weight is 401 g/mol. The standard InChI is InChI=1S/C23H17BrN2/c1-16-5-7-17(8-6-16)19-14-22(18-9-11-20(24)12-10-18)26-23(15-19)21-4-2-3-13-25-21/h2-15H,1H3. The Morgan fingerprint density at radius 2 is 1.35 bits per heavy atom. The Morgan fingerprint density at radius 3 is 2.04 bits per heavy atom. The van der Waals surface area contributed by atoms with E-state index in [0.29, 0.717) is 0 Å². The molecule has 0 atom stereocenters. The van der Waals surface area contributed by atoms with Crippen LogP contribution in [-0.4, -0.2) is 9.97 Å². The minimum Gasteiger partial charge on any atom is -0.255 e. The van der Waals surface area contributed by atoms with Gasteiger partial charge in [0.2, 0.25) is 0 Å². The molecule has 4 aromatic rings. The van der Waals surface area contributed by atoms with Gasteiger partial charge >= 0.3 is 0 Å². The molecule has 0 N–H and O–H groups in total. The third-order valence-corrected chi connectivity index (χ3v) is 4.81. The summed E-state index contributed by atoms with van der Waals surface area (Å²) in [5, 5.41) is 0. The lowest BCUT2D eigenvalue weighted by molar-refractivity contribution is 1.25. The van der Waals surface area contributed by atoms with E-state index in [2.05, 4.69) is 76.4 Å². The summed E-state index contributed by atoms with van der Waals surface area (Å²) in [4.78, 5) is 9.35. The van der Waals surface area contributed by atoms with E-state index in [4.69, 9.17) is 4.98 Å². The van der Waals surface area contributed by atoms with Crippen LogP contribution in [0.3, 0.4) is 0 Å². The molecule has 2 nitrogen and oxygen atoms in total. The van der Waals surface area contributed by atoms with E-state index in [9.17, 15) is 0 Å². The van der Waals surface area contributed by atoms with Crippen molar-refractivity contribution in [1.29, 1.82) is 0 Å². The summed E-state index contributed by atoms with van der Waals surface area (Å²) >= 11 is 3.50. The van der Waals surface area contributed by atoms with E-state index in [1.54, 1.807) is 6.20 Å². The fourth-order valence-corrected chi connectivity index (χ4v) is 3.12. The minimum atomic E-state index is 0.875. The highest BCUT2D eigenvalue weighted by Crippen LogP contribution is 2.30. The summed E-state index contributed by atoms with van der Waals surface area (Å²) in [6, 6.07) is 26.9. The van der Waals surface area contributed by atoms with Crippen molar-refractivity contribution in [3.05, 3.63) is 95.1 Å². The summed E-state index contributed by atoms with van der Waals surface area (Å²) in [6.45, 7) is 2.10. The van der Waals surface area contributed by atoms with Crippen LogP contribution in [0.2, 0.25) is 0 Å². The second-order valence-electron chi connectivity index (χ2n) is 6.21. The Morgan fingerprint density at radius 1 is 0.654 bits per heavy atom. The number of hydrogen-bond acceptors (Lipinski definition) is 2. The average Bonchev–Trinajstić information content (AvgIpc) is 2.69. The van der Waals surface area contributed by atoms with Gasteiger partial charge < -0.3 is 0 Å². The first kappa shape index (κ1) is 16.7. The molecule has 4 rings (SSSR count). The summed E-state index contributed by atoms with van der Waals surface area (Å²) in [5.74, 6) is 0. The number of nitrogens with zero attached hydrogens (tertiary/aromatic N) is 2. The Hall–Kier alpha value is -2.78. The summed E-state index contributed by atoms with van der Waals surface area (Å²) in [6.07, 6.45) is 1.80. The van der Waals surface area contributed by atoms with E-state index in [1.807, 2.05) is 30.3 Å². The van der Waals surface area contributed by atoms with Gasteiger partial charge in [-0.25, -0.2) is 4.98 Å². The van der Waals surface area contributed by atoms with E-state index in [1.165, 1.54) is 11.1 Å². The maximum absolute atomic E-state index is 4.87. The lowest BCUT2D eigenvalue weighted by Gasteiger charge is -2.10. The van der Waals surface area contributed by atoms with Crippen LogP contribution < -0.4 is 0 Å². The molecule has 0 saturated heterocycles. The van der Waals surface area contributed by atoms with E-state index < -0.39 is 0 Å². The van der Waals surface area contributed by atoms with Gasteiger partial charge in [0, 0.05) is 16.2 Å². The Kier molecular flexibility index (Phi) is 4.63. The zero-order chi connectivity index (χ0) is 17.9. The molecule has 0 bridgehead atoms. The molecule has 2 aromatic carbocycles. The van der Waals surface area contributed by atoms with Crippen molar-refractivity contribution in [3.63, 3.8) is 0 Å². The largest absolute Gasteiger partial charge is 0.255 e. The molecule has 0 aliphatic rings. The van der Waals surface area contributed by atoms with Gasteiger partial charge in [0.15, 0.2) is 0 Å². The van der Waals surface area contributed by atoms with Gasteiger partial charge in [-0.2, -0.15) is 0 Å². The van der Waals surface area contributed by atoms with Gasteiger partial charge in [-0.05, 0) is 54.4 Å². The van der Waals surface area contributed by atoms with Crippen molar-refractivity contribution >= 4 is 15.9 Å². The molecule has 126 valence electrons. The first-order valence-electron chi connectivity index (χ1n) is 8.45. The van der Waals surface area contributed by atoms with Crippen LogP contribution in [0.4, 0.5) is 0 Å². The van der Waals surface area contributed by atoms with Crippen molar-refractivity contribution in [3.8, 4) is 33.8 Å². The number of aromatic nitrogens is 2. The molecule has 0 unspecified atom stereocenters. The van der Waals surface area contributed by atoms with Crippen LogP contribution in [0.25, 0.3) is 33.8 Å². The monoisotopic (exact) mass is 400 g/mol. The SMILES string of the molecule is Cc1ccc(-c2cc(-c3ccc(Br)cc3)nc(-c3ccccn3)c2)cc1. The molecule has 0 aliphatic heterocycles. The van der Waals surface area contributed by atoms with Crippen molar-refractivity contribution in [1.82, 2.24) is 9.97 Å². The number of hydrogen-bond donors (Lipinski definition) is 0. The second-order valence-corrected chi connectivity index (χ2v) is 7.13. The topological polar surface area (TPSA) is 25.8 Å². The van der Waals surface area contributed by atoms with Crippen LogP contribution in [0.1, 0.15) is 5.56 Å².